The summed E-state index contributed by atoms with van der Waals surface area (Å²) in [5.74, 6) is 0.0406. The SMILES string of the molecule is Cc1ccccc1C(C)NC(=O)Cc1cccc(Br)c1. The highest BCUT2D eigenvalue weighted by Crippen LogP contribution is 2.17. The Bertz CT molecular complexity index is 609. The minimum atomic E-state index is 0.0239. The van der Waals surface area contributed by atoms with Gasteiger partial charge in [0.1, 0.15) is 0 Å². The number of aryl methyl sites for hydroxylation is 1. The smallest absolute Gasteiger partial charge is 0.224 e. The summed E-state index contributed by atoms with van der Waals surface area (Å²) in [5, 5.41) is 3.05. The van der Waals surface area contributed by atoms with Gasteiger partial charge < -0.3 is 5.32 Å². The highest BCUT2D eigenvalue weighted by atomic mass is 79.9. The zero-order chi connectivity index (χ0) is 14.5. The van der Waals surface area contributed by atoms with Crippen molar-refractivity contribution in [2.45, 2.75) is 26.3 Å². The van der Waals surface area contributed by atoms with E-state index in [1.54, 1.807) is 0 Å². The number of rotatable bonds is 4. The van der Waals surface area contributed by atoms with Gasteiger partial charge in [-0.1, -0.05) is 52.3 Å². The van der Waals surface area contributed by atoms with Gasteiger partial charge in [0.25, 0.3) is 0 Å². The highest BCUT2D eigenvalue weighted by Gasteiger charge is 2.11. The Labute approximate surface area is 128 Å². The summed E-state index contributed by atoms with van der Waals surface area (Å²) < 4.78 is 0.995. The van der Waals surface area contributed by atoms with Crippen molar-refractivity contribution in [3.63, 3.8) is 0 Å². The molecule has 2 rings (SSSR count). The summed E-state index contributed by atoms with van der Waals surface area (Å²) in [6.07, 6.45) is 0.398. The molecule has 0 heterocycles. The lowest BCUT2D eigenvalue weighted by atomic mass is 10.0. The van der Waals surface area contributed by atoms with E-state index in [4.69, 9.17) is 0 Å². The van der Waals surface area contributed by atoms with Gasteiger partial charge >= 0.3 is 0 Å². The van der Waals surface area contributed by atoms with Crippen LogP contribution in [-0.2, 0) is 11.2 Å². The van der Waals surface area contributed by atoms with Crippen LogP contribution in [0, 0.1) is 6.92 Å². The normalized spacial score (nSPS) is 11.9. The van der Waals surface area contributed by atoms with E-state index in [-0.39, 0.29) is 11.9 Å². The average Bonchev–Trinajstić information content (AvgIpc) is 2.38. The molecule has 1 unspecified atom stereocenters. The Balaban J connectivity index is 2.00. The monoisotopic (exact) mass is 331 g/mol. The third kappa shape index (κ3) is 3.94. The fraction of sp³-hybridized carbons (Fsp3) is 0.235. The predicted octanol–water partition coefficient (Wildman–Crippen LogP) is 4.18. The lowest BCUT2D eigenvalue weighted by molar-refractivity contribution is -0.121. The van der Waals surface area contributed by atoms with E-state index in [0.717, 1.165) is 15.6 Å². The topological polar surface area (TPSA) is 29.1 Å². The molecule has 0 spiro atoms. The first-order chi connectivity index (χ1) is 9.56. The first kappa shape index (κ1) is 14.8. The first-order valence-corrected chi connectivity index (χ1v) is 7.45. The Morgan fingerprint density at radius 2 is 1.95 bits per heavy atom. The summed E-state index contributed by atoms with van der Waals surface area (Å²) in [7, 11) is 0. The van der Waals surface area contributed by atoms with E-state index in [2.05, 4.69) is 40.3 Å². The molecular formula is C17H18BrNO. The van der Waals surface area contributed by atoms with Crippen LogP contribution in [0.3, 0.4) is 0 Å². The van der Waals surface area contributed by atoms with Crippen LogP contribution in [0.4, 0.5) is 0 Å². The fourth-order valence-corrected chi connectivity index (χ4v) is 2.72. The van der Waals surface area contributed by atoms with E-state index in [1.165, 1.54) is 5.56 Å². The summed E-state index contributed by atoms with van der Waals surface area (Å²) >= 11 is 3.42. The molecule has 1 atom stereocenters. The second-order valence-electron chi connectivity index (χ2n) is 4.95. The number of hydrogen-bond acceptors (Lipinski definition) is 1. The van der Waals surface area contributed by atoms with E-state index < -0.39 is 0 Å². The van der Waals surface area contributed by atoms with Crippen molar-refractivity contribution in [3.05, 3.63) is 69.7 Å². The molecule has 0 aliphatic carbocycles. The van der Waals surface area contributed by atoms with Crippen LogP contribution in [0.1, 0.15) is 29.7 Å². The van der Waals surface area contributed by atoms with Crippen molar-refractivity contribution >= 4 is 21.8 Å². The lowest BCUT2D eigenvalue weighted by Gasteiger charge is -2.16. The third-order valence-corrected chi connectivity index (χ3v) is 3.78. The second-order valence-corrected chi connectivity index (χ2v) is 5.87. The van der Waals surface area contributed by atoms with Gasteiger partial charge in [-0.25, -0.2) is 0 Å². The lowest BCUT2D eigenvalue weighted by Crippen LogP contribution is -2.28. The van der Waals surface area contributed by atoms with Gasteiger partial charge in [-0.15, -0.1) is 0 Å². The Kier molecular flexibility index (Phi) is 4.96. The molecule has 0 aliphatic heterocycles. The second kappa shape index (κ2) is 6.71. The standard InChI is InChI=1S/C17H18BrNO/c1-12-6-3-4-9-16(12)13(2)19-17(20)11-14-7-5-8-15(18)10-14/h3-10,13H,11H2,1-2H3,(H,19,20). The average molecular weight is 332 g/mol. The van der Waals surface area contributed by atoms with E-state index in [1.807, 2.05) is 43.3 Å². The van der Waals surface area contributed by atoms with Crippen LogP contribution in [0.2, 0.25) is 0 Å². The fourth-order valence-electron chi connectivity index (χ4n) is 2.28. The molecule has 2 nitrogen and oxygen atoms in total. The number of carbonyl (C=O) groups excluding carboxylic acids is 1. The molecule has 0 saturated carbocycles. The van der Waals surface area contributed by atoms with Crippen molar-refractivity contribution in [2.75, 3.05) is 0 Å². The molecule has 0 fully saturated rings. The summed E-state index contributed by atoms with van der Waals surface area (Å²) in [6, 6.07) is 16.0. The maximum absolute atomic E-state index is 12.1. The molecule has 0 aliphatic rings. The maximum Gasteiger partial charge on any atom is 0.224 e. The Morgan fingerprint density at radius 3 is 2.65 bits per heavy atom. The first-order valence-electron chi connectivity index (χ1n) is 6.65. The molecule has 2 aromatic carbocycles. The zero-order valence-corrected chi connectivity index (χ0v) is 13.3. The Morgan fingerprint density at radius 1 is 1.20 bits per heavy atom. The molecule has 0 radical (unpaired) electrons. The molecule has 0 aromatic heterocycles. The van der Waals surface area contributed by atoms with Crippen molar-refractivity contribution < 1.29 is 4.79 Å². The van der Waals surface area contributed by atoms with E-state index in [0.29, 0.717) is 6.42 Å². The number of halogens is 1. The summed E-state index contributed by atoms with van der Waals surface area (Å²) in [5.41, 5.74) is 3.37. The molecule has 2 aromatic rings. The Hall–Kier alpha value is -1.61. The van der Waals surface area contributed by atoms with Crippen molar-refractivity contribution in [1.82, 2.24) is 5.32 Å². The van der Waals surface area contributed by atoms with Gasteiger partial charge in [-0.3, -0.25) is 4.79 Å². The molecule has 3 heteroatoms. The molecule has 104 valence electrons. The van der Waals surface area contributed by atoms with Gasteiger partial charge in [0.15, 0.2) is 0 Å². The zero-order valence-electron chi connectivity index (χ0n) is 11.7. The van der Waals surface area contributed by atoms with Crippen LogP contribution >= 0.6 is 15.9 Å². The van der Waals surface area contributed by atoms with Crippen molar-refractivity contribution in [3.8, 4) is 0 Å². The van der Waals surface area contributed by atoms with E-state index in [9.17, 15) is 4.79 Å². The molecule has 0 bridgehead atoms. The summed E-state index contributed by atoms with van der Waals surface area (Å²) in [6.45, 7) is 4.08. The van der Waals surface area contributed by atoms with Gasteiger partial charge in [0.2, 0.25) is 5.91 Å². The largest absolute Gasteiger partial charge is 0.349 e. The van der Waals surface area contributed by atoms with Crippen molar-refractivity contribution in [1.29, 1.82) is 0 Å². The highest BCUT2D eigenvalue weighted by molar-refractivity contribution is 9.10. The van der Waals surface area contributed by atoms with E-state index >= 15 is 0 Å². The van der Waals surface area contributed by atoms with Gasteiger partial charge in [-0.05, 0) is 42.7 Å². The molecule has 1 N–H and O–H groups in total. The molecule has 20 heavy (non-hydrogen) atoms. The molecule has 1 amide bonds. The number of amides is 1. The minimum absolute atomic E-state index is 0.0239. The predicted molar refractivity (Wildman–Crippen MR) is 85.6 cm³/mol. The number of nitrogens with one attached hydrogen (secondary N) is 1. The van der Waals surface area contributed by atoms with Crippen LogP contribution in [-0.4, -0.2) is 5.91 Å². The quantitative estimate of drug-likeness (QED) is 0.894. The molecular weight excluding hydrogens is 314 g/mol. The van der Waals surface area contributed by atoms with Gasteiger partial charge in [-0.2, -0.15) is 0 Å². The van der Waals surface area contributed by atoms with Crippen LogP contribution in [0.15, 0.2) is 53.0 Å². The third-order valence-electron chi connectivity index (χ3n) is 3.29. The number of carbonyl (C=O) groups is 1. The number of hydrogen-bond donors (Lipinski definition) is 1. The van der Waals surface area contributed by atoms with Crippen LogP contribution in [0.5, 0.6) is 0 Å². The molecule has 0 saturated heterocycles. The maximum atomic E-state index is 12.1. The minimum Gasteiger partial charge on any atom is -0.349 e. The van der Waals surface area contributed by atoms with Crippen molar-refractivity contribution in [2.24, 2.45) is 0 Å². The number of benzene rings is 2. The van der Waals surface area contributed by atoms with Gasteiger partial charge in [0, 0.05) is 4.47 Å². The van der Waals surface area contributed by atoms with Crippen LogP contribution < -0.4 is 5.32 Å². The van der Waals surface area contributed by atoms with Crippen LogP contribution in [0.25, 0.3) is 0 Å². The summed E-state index contributed by atoms with van der Waals surface area (Å²) in [4.78, 5) is 12.1. The van der Waals surface area contributed by atoms with Gasteiger partial charge in [0.05, 0.1) is 12.5 Å².